The third-order valence-corrected chi connectivity index (χ3v) is 2.03. The average molecular weight is 96.2 g/mol. The minimum atomic E-state index is 1.02. The van der Waals surface area contributed by atoms with Crippen LogP contribution in [0.25, 0.3) is 0 Å². The fraction of sp³-hybridized carbons (Fsp3) is 0.833. The summed E-state index contributed by atoms with van der Waals surface area (Å²) >= 11 is 0. The molecule has 1 heterocycles. The molecular formula is C6H10N. The normalized spacial score (nSPS) is 40.3. The molecule has 1 atom stereocenters. The fourth-order valence-corrected chi connectivity index (χ4v) is 1.55. The Kier molecular flexibility index (Phi) is 0.680. The second-order valence-electron chi connectivity index (χ2n) is 2.59. The van der Waals surface area contributed by atoms with Crippen LogP contribution < -0.4 is 5.32 Å². The van der Waals surface area contributed by atoms with Crippen LogP contribution in [0.3, 0.4) is 0 Å². The van der Waals surface area contributed by atoms with E-state index in [1.165, 1.54) is 25.8 Å². The van der Waals surface area contributed by atoms with Crippen LogP contribution in [0, 0.1) is 12.0 Å². The molecule has 2 fully saturated rings. The highest BCUT2D eigenvalue weighted by atomic mass is 15.0. The number of nitrogens with one attached hydrogen (secondary N) is 1. The van der Waals surface area contributed by atoms with Crippen LogP contribution in [0.2, 0.25) is 0 Å². The zero-order valence-corrected chi connectivity index (χ0v) is 4.41. The lowest BCUT2D eigenvalue weighted by Crippen LogP contribution is -2.17. The van der Waals surface area contributed by atoms with E-state index >= 15 is 0 Å². The Bertz CT molecular complexity index is 62.2. The number of hydrogen-bond donors (Lipinski definition) is 1. The van der Waals surface area contributed by atoms with E-state index in [-0.39, 0.29) is 0 Å². The van der Waals surface area contributed by atoms with Gasteiger partial charge in [0.05, 0.1) is 0 Å². The van der Waals surface area contributed by atoms with Crippen LogP contribution in [0.5, 0.6) is 0 Å². The van der Waals surface area contributed by atoms with Crippen LogP contribution in [0.1, 0.15) is 19.3 Å². The van der Waals surface area contributed by atoms with Crippen LogP contribution >= 0.6 is 0 Å². The fourth-order valence-electron chi connectivity index (χ4n) is 1.55. The number of rotatable bonds is 0. The van der Waals surface area contributed by atoms with E-state index in [0.29, 0.717) is 0 Å². The van der Waals surface area contributed by atoms with Crippen LogP contribution in [-0.4, -0.2) is 6.54 Å². The molecule has 1 aliphatic carbocycles. The molecule has 0 spiro atoms. The molecule has 0 aromatic rings. The minimum Gasteiger partial charge on any atom is -0.309 e. The van der Waals surface area contributed by atoms with E-state index in [4.69, 9.17) is 0 Å². The molecule has 2 rings (SSSR count). The zero-order chi connectivity index (χ0) is 4.69. The largest absolute Gasteiger partial charge is 0.309 e. The zero-order valence-electron chi connectivity index (χ0n) is 4.41. The molecule has 2 bridgehead atoms. The molecule has 0 amide bonds. The molecule has 1 heteroatoms. The van der Waals surface area contributed by atoms with E-state index in [1.807, 2.05) is 0 Å². The Balaban J connectivity index is 2.12. The first-order chi connectivity index (χ1) is 3.45. The van der Waals surface area contributed by atoms with Gasteiger partial charge in [0.2, 0.25) is 0 Å². The van der Waals surface area contributed by atoms with E-state index in [0.717, 1.165) is 5.92 Å². The van der Waals surface area contributed by atoms with E-state index in [2.05, 4.69) is 5.32 Å². The van der Waals surface area contributed by atoms with Gasteiger partial charge in [-0.1, -0.05) is 0 Å². The van der Waals surface area contributed by atoms with Gasteiger partial charge in [-0.2, -0.15) is 0 Å². The maximum atomic E-state index is 3.37. The summed E-state index contributed by atoms with van der Waals surface area (Å²) in [7, 11) is 0. The van der Waals surface area contributed by atoms with Crippen molar-refractivity contribution >= 4 is 0 Å². The van der Waals surface area contributed by atoms with Crippen molar-refractivity contribution in [1.82, 2.24) is 5.32 Å². The van der Waals surface area contributed by atoms with Gasteiger partial charge in [-0.15, -0.1) is 0 Å². The smallest absolute Gasteiger partial charge is 0.0367 e. The summed E-state index contributed by atoms with van der Waals surface area (Å²) in [6.45, 7) is 1.27. The highest BCUT2D eigenvalue weighted by Crippen LogP contribution is 2.35. The maximum Gasteiger partial charge on any atom is 0.0367 e. The molecule has 0 aromatic carbocycles. The molecule has 7 heavy (non-hydrogen) atoms. The van der Waals surface area contributed by atoms with Crippen molar-refractivity contribution in [2.45, 2.75) is 19.3 Å². The van der Waals surface area contributed by atoms with Gasteiger partial charge in [0.15, 0.2) is 0 Å². The Labute approximate surface area is 44.1 Å². The molecule has 1 aliphatic heterocycles. The average Bonchev–Trinajstić information content (AvgIpc) is 2.22. The lowest BCUT2D eigenvalue weighted by atomic mass is 10.1. The van der Waals surface area contributed by atoms with Crippen LogP contribution in [0.4, 0.5) is 0 Å². The quantitative estimate of drug-likeness (QED) is 0.473. The third kappa shape index (κ3) is 0.480. The Morgan fingerprint density at radius 3 is 2.71 bits per heavy atom. The second kappa shape index (κ2) is 1.22. The molecule has 1 saturated carbocycles. The molecule has 0 aromatic heterocycles. The summed E-state index contributed by atoms with van der Waals surface area (Å²) in [4.78, 5) is 0. The summed E-state index contributed by atoms with van der Waals surface area (Å²) in [6, 6.07) is 1.62. The van der Waals surface area contributed by atoms with Gasteiger partial charge in [0.1, 0.15) is 0 Å². The van der Waals surface area contributed by atoms with Gasteiger partial charge in [0.25, 0.3) is 0 Å². The van der Waals surface area contributed by atoms with Gasteiger partial charge in [-0.3, -0.25) is 0 Å². The first kappa shape index (κ1) is 3.90. The summed E-state index contributed by atoms with van der Waals surface area (Å²) in [5.41, 5.74) is 0. The van der Waals surface area contributed by atoms with E-state index in [9.17, 15) is 0 Å². The molecule has 1 radical (unpaired) electrons. The molecule has 1 saturated heterocycles. The first-order valence-electron chi connectivity index (χ1n) is 3.04. The number of fused-ring (bicyclic) bond motifs is 2. The van der Waals surface area contributed by atoms with Crippen LogP contribution in [-0.2, 0) is 0 Å². The molecule has 1 N–H and O–H groups in total. The van der Waals surface area contributed by atoms with E-state index < -0.39 is 0 Å². The van der Waals surface area contributed by atoms with E-state index in [1.54, 1.807) is 6.04 Å². The standard InChI is InChI=1S/C6H10N/c1-2-6-3-5(1)4-7-6/h5,7H,1-4H2. The van der Waals surface area contributed by atoms with Gasteiger partial charge in [-0.05, 0) is 31.7 Å². The Hall–Kier alpha value is -0.0400. The van der Waals surface area contributed by atoms with Gasteiger partial charge in [0, 0.05) is 6.04 Å². The Morgan fingerprint density at radius 1 is 1.57 bits per heavy atom. The predicted molar refractivity (Wildman–Crippen MR) is 28.6 cm³/mol. The second-order valence-corrected chi connectivity index (χ2v) is 2.59. The summed E-state index contributed by atoms with van der Waals surface area (Å²) < 4.78 is 0. The summed E-state index contributed by atoms with van der Waals surface area (Å²) in [5, 5.41) is 3.37. The SMILES string of the molecule is C1CC2CN[C]1C2. The molecule has 2 aliphatic rings. The van der Waals surface area contributed by atoms with Crippen molar-refractivity contribution in [1.29, 1.82) is 0 Å². The van der Waals surface area contributed by atoms with Crippen molar-refractivity contribution in [2.24, 2.45) is 5.92 Å². The molecule has 1 unspecified atom stereocenters. The number of piperidine rings is 1. The van der Waals surface area contributed by atoms with Crippen molar-refractivity contribution in [3.8, 4) is 0 Å². The van der Waals surface area contributed by atoms with Gasteiger partial charge >= 0.3 is 0 Å². The van der Waals surface area contributed by atoms with Crippen molar-refractivity contribution in [3.63, 3.8) is 0 Å². The minimum absolute atomic E-state index is 1.02. The first-order valence-corrected chi connectivity index (χ1v) is 3.04. The van der Waals surface area contributed by atoms with Crippen molar-refractivity contribution < 1.29 is 0 Å². The topological polar surface area (TPSA) is 12.0 Å². The highest BCUT2D eigenvalue weighted by molar-refractivity contribution is 5.02. The monoisotopic (exact) mass is 96.1 g/mol. The molecular weight excluding hydrogens is 86.1 g/mol. The lowest BCUT2D eigenvalue weighted by molar-refractivity contribution is 0.539. The lowest BCUT2D eigenvalue weighted by Gasteiger charge is -2.07. The highest BCUT2D eigenvalue weighted by Gasteiger charge is 2.30. The molecule has 1 nitrogen and oxygen atoms in total. The van der Waals surface area contributed by atoms with Crippen LogP contribution in [0.15, 0.2) is 0 Å². The summed E-state index contributed by atoms with van der Waals surface area (Å²) in [5.74, 6) is 1.02. The van der Waals surface area contributed by atoms with Crippen molar-refractivity contribution in [3.05, 3.63) is 6.04 Å². The van der Waals surface area contributed by atoms with Gasteiger partial charge in [-0.25, -0.2) is 0 Å². The third-order valence-electron chi connectivity index (χ3n) is 2.03. The van der Waals surface area contributed by atoms with Crippen molar-refractivity contribution in [2.75, 3.05) is 6.54 Å². The van der Waals surface area contributed by atoms with Gasteiger partial charge < -0.3 is 5.32 Å². The molecule has 39 valence electrons. The predicted octanol–water partition coefficient (Wildman–Crippen LogP) is 0.922. The maximum absolute atomic E-state index is 3.37. The summed E-state index contributed by atoms with van der Waals surface area (Å²) in [6.07, 6.45) is 4.22. The number of hydrogen-bond acceptors (Lipinski definition) is 1. The Morgan fingerprint density at radius 2 is 2.57 bits per heavy atom.